The van der Waals surface area contributed by atoms with Gasteiger partial charge in [0, 0.05) is 13.0 Å². The zero-order valence-electron chi connectivity index (χ0n) is 11.0. The quantitative estimate of drug-likeness (QED) is 0.594. The van der Waals surface area contributed by atoms with Crippen LogP contribution < -0.4 is 5.73 Å². The molecule has 0 rings (SSSR count). The second kappa shape index (κ2) is 10.00. The highest BCUT2D eigenvalue weighted by molar-refractivity contribution is 7.80. The van der Waals surface area contributed by atoms with Gasteiger partial charge in [-0.2, -0.15) is 0 Å². The van der Waals surface area contributed by atoms with Crippen LogP contribution in [0.5, 0.6) is 0 Å². The molecule has 96 valence electrons. The first kappa shape index (κ1) is 15.8. The minimum absolute atomic E-state index is 0.627. The lowest BCUT2D eigenvalue weighted by Gasteiger charge is -2.23. The molecule has 0 saturated carbocycles. The molecule has 0 aliphatic rings. The molecule has 0 radical (unpaired) electrons. The van der Waals surface area contributed by atoms with Crippen molar-refractivity contribution in [3.8, 4) is 0 Å². The van der Waals surface area contributed by atoms with Crippen molar-refractivity contribution in [1.29, 1.82) is 0 Å². The van der Waals surface area contributed by atoms with Crippen molar-refractivity contribution in [3.63, 3.8) is 0 Å². The third-order valence-electron chi connectivity index (χ3n) is 2.96. The Labute approximate surface area is 106 Å². The highest BCUT2D eigenvalue weighted by atomic mass is 32.1. The molecule has 0 spiro atoms. The molecule has 2 N–H and O–H groups in total. The van der Waals surface area contributed by atoms with E-state index in [1.54, 1.807) is 0 Å². The zero-order chi connectivity index (χ0) is 12.4. The van der Waals surface area contributed by atoms with Gasteiger partial charge in [-0.3, -0.25) is 0 Å². The number of nitrogens with two attached hydrogens (primary N) is 1. The molecule has 0 aromatic rings. The monoisotopic (exact) mass is 245 g/mol. The van der Waals surface area contributed by atoms with Crippen LogP contribution >= 0.6 is 12.2 Å². The second-order valence-electron chi connectivity index (χ2n) is 4.03. The van der Waals surface area contributed by atoms with Crippen LogP contribution in [-0.2, 0) is 0 Å². The van der Waals surface area contributed by atoms with Gasteiger partial charge in [-0.05, 0) is 39.1 Å². The lowest BCUT2D eigenvalue weighted by atomic mass is 10.3. The number of rotatable bonds is 10. The van der Waals surface area contributed by atoms with Crippen LogP contribution in [0.15, 0.2) is 0 Å². The molecule has 0 aromatic carbocycles. The summed E-state index contributed by atoms with van der Waals surface area (Å²) in [7, 11) is 0. The Morgan fingerprint density at radius 1 is 0.938 bits per heavy atom. The molecule has 0 aliphatic heterocycles. The van der Waals surface area contributed by atoms with Gasteiger partial charge in [-0.1, -0.05) is 33.0 Å². The second-order valence-corrected chi connectivity index (χ2v) is 4.56. The van der Waals surface area contributed by atoms with E-state index in [9.17, 15) is 0 Å². The topological polar surface area (TPSA) is 32.5 Å². The molecule has 0 aromatic heterocycles. The van der Waals surface area contributed by atoms with Crippen LogP contribution in [0.25, 0.3) is 0 Å². The van der Waals surface area contributed by atoms with Crippen molar-refractivity contribution in [3.05, 3.63) is 0 Å². The van der Waals surface area contributed by atoms with Gasteiger partial charge in [-0.25, -0.2) is 0 Å². The Balaban J connectivity index is 3.65. The minimum atomic E-state index is 0.627. The molecule has 0 saturated heterocycles. The van der Waals surface area contributed by atoms with Gasteiger partial charge >= 0.3 is 0 Å². The van der Waals surface area contributed by atoms with E-state index in [1.165, 1.54) is 13.0 Å². The molecule has 0 amide bonds. The third-order valence-corrected chi connectivity index (χ3v) is 3.17. The molecule has 0 unspecified atom stereocenters. The van der Waals surface area contributed by atoms with Crippen molar-refractivity contribution >= 4 is 17.2 Å². The fourth-order valence-corrected chi connectivity index (χ4v) is 1.85. The van der Waals surface area contributed by atoms with Crippen LogP contribution in [0.2, 0.25) is 0 Å². The van der Waals surface area contributed by atoms with Crippen molar-refractivity contribution in [2.45, 2.75) is 33.6 Å². The van der Waals surface area contributed by atoms with Gasteiger partial charge < -0.3 is 15.5 Å². The summed E-state index contributed by atoms with van der Waals surface area (Å²) in [5.41, 5.74) is 5.51. The summed E-state index contributed by atoms with van der Waals surface area (Å²) >= 11 is 4.90. The Morgan fingerprint density at radius 2 is 1.44 bits per heavy atom. The van der Waals surface area contributed by atoms with Crippen LogP contribution in [-0.4, -0.2) is 54.1 Å². The van der Waals surface area contributed by atoms with E-state index in [4.69, 9.17) is 18.0 Å². The number of hydrogen-bond donors (Lipinski definition) is 1. The van der Waals surface area contributed by atoms with Crippen LogP contribution in [0.4, 0.5) is 0 Å². The molecule has 3 nitrogen and oxygen atoms in total. The Hall–Kier alpha value is -0.190. The maximum absolute atomic E-state index is 5.51. The highest BCUT2D eigenvalue weighted by Gasteiger charge is 2.04. The summed E-state index contributed by atoms with van der Waals surface area (Å²) in [6.45, 7) is 13.3. The molecule has 16 heavy (non-hydrogen) atoms. The average Bonchev–Trinajstić information content (AvgIpc) is 2.28. The molecular formula is C12H27N3S. The van der Waals surface area contributed by atoms with Gasteiger partial charge in [0.1, 0.15) is 0 Å². The fourth-order valence-electron chi connectivity index (χ4n) is 1.75. The minimum Gasteiger partial charge on any atom is -0.393 e. The zero-order valence-corrected chi connectivity index (χ0v) is 11.9. The predicted molar refractivity (Wildman–Crippen MR) is 75.9 cm³/mol. The van der Waals surface area contributed by atoms with Crippen molar-refractivity contribution in [2.75, 3.05) is 39.3 Å². The molecule has 4 heteroatoms. The standard InChI is InChI=1S/C12H27N3S/c1-4-14(5-2)9-7-10-15(6-3)11-8-12(13)16/h4-11H2,1-3H3,(H2,13,16). The lowest BCUT2D eigenvalue weighted by molar-refractivity contribution is 0.247. The summed E-state index contributed by atoms with van der Waals surface area (Å²) in [6, 6.07) is 0. The SMILES string of the molecule is CCN(CC)CCCN(CC)CCC(N)=S. The summed E-state index contributed by atoms with van der Waals surface area (Å²) in [6.07, 6.45) is 2.07. The van der Waals surface area contributed by atoms with Crippen molar-refractivity contribution in [2.24, 2.45) is 5.73 Å². The maximum atomic E-state index is 5.51. The van der Waals surface area contributed by atoms with Crippen molar-refractivity contribution in [1.82, 2.24) is 9.80 Å². The third kappa shape index (κ3) is 8.02. The van der Waals surface area contributed by atoms with Gasteiger partial charge in [0.25, 0.3) is 0 Å². The van der Waals surface area contributed by atoms with E-state index < -0.39 is 0 Å². The summed E-state index contributed by atoms with van der Waals surface area (Å²) in [5, 5.41) is 0. The normalized spacial score (nSPS) is 11.3. The molecule has 0 heterocycles. The summed E-state index contributed by atoms with van der Waals surface area (Å²) in [4.78, 5) is 5.51. The van der Waals surface area contributed by atoms with Crippen LogP contribution in [0.1, 0.15) is 33.6 Å². The first-order valence-corrected chi connectivity index (χ1v) is 6.77. The van der Waals surface area contributed by atoms with E-state index >= 15 is 0 Å². The van der Waals surface area contributed by atoms with Gasteiger partial charge in [-0.15, -0.1) is 0 Å². The van der Waals surface area contributed by atoms with Crippen LogP contribution in [0.3, 0.4) is 0 Å². The van der Waals surface area contributed by atoms with Gasteiger partial charge in [0.2, 0.25) is 0 Å². The molecular weight excluding hydrogens is 218 g/mol. The van der Waals surface area contributed by atoms with Gasteiger partial charge in [0.05, 0.1) is 4.99 Å². The first-order chi connectivity index (χ1) is 7.63. The summed E-state index contributed by atoms with van der Waals surface area (Å²) in [5.74, 6) is 0. The van der Waals surface area contributed by atoms with Crippen LogP contribution in [0, 0.1) is 0 Å². The van der Waals surface area contributed by atoms with E-state index in [1.807, 2.05) is 0 Å². The number of thiocarbonyl (C=S) groups is 1. The molecule has 0 atom stereocenters. The Bertz CT molecular complexity index is 181. The van der Waals surface area contributed by atoms with E-state index in [0.717, 1.165) is 39.1 Å². The maximum Gasteiger partial charge on any atom is 0.0740 e. The van der Waals surface area contributed by atoms with Crippen molar-refractivity contribution < 1.29 is 0 Å². The largest absolute Gasteiger partial charge is 0.393 e. The highest BCUT2D eigenvalue weighted by Crippen LogP contribution is 1.97. The first-order valence-electron chi connectivity index (χ1n) is 6.37. The lowest BCUT2D eigenvalue weighted by Crippen LogP contribution is -2.31. The van der Waals surface area contributed by atoms with E-state index in [0.29, 0.717) is 4.99 Å². The number of hydrogen-bond acceptors (Lipinski definition) is 3. The Kier molecular flexibility index (Phi) is 9.88. The van der Waals surface area contributed by atoms with E-state index in [2.05, 4.69) is 30.6 Å². The number of nitrogens with zero attached hydrogens (tertiary/aromatic N) is 2. The predicted octanol–water partition coefficient (Wildman–Crippen LogP) is 1.72. The smallest absolute Gasteiger partial charge is 0.0740 e. The molecule has 0 bridgehead atoms. The summed E-state index contributed by atoms with van der Waals surface area (Å²) < 4.78 is 0. The molecule has 0 fully saturated rings. The Morgan fingerprint density at radius 3 is 1.88 bits per heavy atom. The molecule has 0 aliphatic carbocycles. The van der Waals surface area contributed by atoms with E-state index in [-0.39, 0.29) is 0 Å². The average molecular weight is 245 g/mol. The fraction of sp³-hybridized carbons (Fsp3) is 0.917. The van der Waals surface area contributed by atoms with Gasteiger partial charge in [0.15, 0.2) is 0 Å².